The maximum atomic E-state index is 12.8. The van der Waals surface area contributed by atoms with Gasteiger partial charge < -0.3 is 39.1 Å². The van der Waals surface area contributed by atoms with E-state index in [9.17, 15) is 29.6 Å². The fourth-order valence-corrected chi connectivity index (χ4v) is 6.21. The first kappa shape index (κ1) is 51.4. The molecule has 0 fully saturated rings. The van der Waals surface area contributed by atoms with Gasteiger partial charge in [0.2, 0.25) is 5.91 Å². The number of phosphoric acid groups is 1. The van der Waals surface area contributed by atoms with Gasteiger partial charge in [0.15, 0.2) is 0 Å². The number of unbranched alkanes of at least 4 members (excludes halogenated alkanes) is 13. The largest absolute Gasteiger partial charge is 0.756 e. The number of nitrogens with zero attached hydrogens (tertiary/aromatic N) is 1. The minimum Gasteiger partial charge on any atom is -0.756 e. The molecule has 0 radical (unpaired) electrons. The van der Waals surface area contributed by atoms with Gasteiger partial charge in [-0.3, -0.25) is 9.36 Å². The summed E-state index contributed by atoms with van der Waals surface area (Å²) < 4.78 is 23.0. The zero-order chi connectivity index (χ0) is 39.6. The second-order valence-corrected chi connectivity index (χ2v) is 16.7. The Kier molecular flexibility index (Phi) is 32.7. The Labute approximate surface area is 324 Å². The molecule has 0 rings (SSSR count). The summed E-state index contributed by atoms with van der Waals surface area (Å²) in [5, 5.41) is 34.4. The van der Waals surface area contributed by atoms with E-state index >= 15 is 0 Å². The molecule has 0 aliphatic heterocycles. The van der Waals surface area contributed by atoms with Crippen LogP contribution in [0.5, 0.6) is 0 Å². The molecule has 0 saturated heterocycles. The Morgan fingerprint density at radius 3 is 1.87 bits per heavy atom. The standard InChI is InChI=1S/C42H79N2O8P/c1-6-8-10-12-14-16-18-20-22-24-26-28-31-39(45)38(37-52-53(49,50)51-36-35-44(3,4)5)43-42(48)34-30-33-41(47)40(46)32-29-27-25-23-21-19-17-15-13-11-9-7-2/h15,17,21,23,27-29,31,38-41,45-47H,6-14,16,18-20,22,24-26,30,32-37H2,1-5H3,(H-,43,48,49,50)/b17-15-,23-21-,29-27-,31-28+/t38-,39+,40?,41?/m0/s1. The molecular formula is C42H79N2O8P. The molecule has 0 bridgehead atoms. The van der Waals surface area contributed by atoms with Crippen LogP contribution in [0.15, 0.2) is 48.6 Å². The molecule has 1 amide bonds. The number of allylic oxidation sites excluding steroid dienone is 6. The predicted octanol–water partition coefficient (Wildman–Crippen LogP) is 8.22. The normalized spacial score (nSPS) is 16.2. The quantitative estimate of drug-likeness (QED) is 0.0216. The number of carbonyl (C=O) groups excluding carboxylic acids is 1. The molecule has 0 aromatic rings. The Morgan fingerprint density at radius 2 is 1.25 bits per heavy atom. The molecule has 0 aliphatic carbocycles. The van der Waals surface area contributed by atoms with Crippen molar-refractivity contribution >= 4 is 13.7 Å². The molecule has 0 spiro atoms. The third kappa shape index (κ3) is 34.6. The van der Waals surface area contributed by atoms with Crippen LogP contribution >= 0.6 is 7.82 Å². The zero-order valence-electron chi connectivity index (χ0n) is 34.2. The molecule has 3 unspecified atom stereocenters. The molecule has 5 atom stereocenters. The van der Waals surface area contributed by atoms with Crippen LogP contribution < -0.4 is 10.2 Å². The predicted molar refractivity (Wildman–Crippen MR) is 217 cm³/mol. The van der Waals surface area contributed by atoms with Crippen LogP contribution in [0.4, 0.5) is 0 Å². The zero-order valence-corrected chi connectivity index (χ0v) is 35.1. The summed E-state index contributed by atoms with van der Waals surface area (Å²) in [6.07, 6.45) is 33.2. The molecule has 53 heavy (non-hydrogen) atoms. The highest BCUT2D eigenvalue weighted by molar-refractivity contribution is 7.45. The van der Waals surface area contributed by atoms with Crippen LogP contribution in [-0.2, 0) is 18.4 Å². The van der Waals surface area contributed by atoms with Crippen molar-refractivity contribution in [2.75, 3.05) is 40.9 Å². The van der Waals surface area contributed by atoms with Gasteiger partial charge >= 0.3 is 0 Å². The second kappa shape index (κ2) is 33.7. The van der Waals surface area contributed by atoms with E-state index < -0.39 is 44.7 Å². The van der Waals surface area contributed by atoms with Gasteiger partial charge in [-0.05, 0) is 57.8 Å². The fraction of sp³-hybridized carbons (Fsp3) is 0.786. The molecule has 4 N–H and O–H groups in total. The number of aliphatic hydroxyl groups is 3. The van der Waals surface area contributed by atoms with Crippen molar-refractivity contribution in [3.63, 3.8) is 0 Å². The number of aliphatic hydroxyl groups excluding tert-OH is 3. The van der Waals surface area contributed by atoms with Crippen LogP contribution in [-0.4, -0.2) is 91.0 Å². The van der Waals surface area contributed by atoms with Gasteiger partial charge in [0.05, 0.1) is 52.1 Å². The molecule has 0 aromatic heterocycles. The van der Waals surface area contributed by atoms with Crippen molar-refractivity contribution in [1.82, 2.24) is 5.32 Å². The van der Waals surface area contributed by atoms with Crippen LogP contribution in [0.2, 0.25) is 0 Å². The third-order valence-electron chi connectivity index (χ3n) is 8.98. The first-order chi connectivity index (χ1) is 25.3. The van der Waals surface area contributed by atoms with Gasteiger partial charge in [-0.15, -0.1) is 0 Å². The average molecular weight is 771 g/mol. The third-order valence-corrected chi connectivity index (χ3v) is 9.95. The van der Waals surface area contributed by atoms with Crippen molar-refractivity contribution in [3.8, 4) is 0 Å². The van der Waals surface area contributed by atoms with Crippen molar-refractivity contribution < 1.29 is 43.1 Å². The van der Waals surface area contributed by atoms with E-state index in [0.717, 1.165) is 38.5 Å². The monoisotopic (exact) mass is 771 g/mol. The van der Waals surface area contributed by atoms with Crippen LogP contribution in [0, 0.1) is 0 Å². The number of likely N-dealkylation sites (N-methyl/N-ethyl adjacent to an activating group) is 1. The van der Waals surface area contributed by atoms with Gasteiger partial charge in [-0.1, -0.05) is 133 Å². The highest BCUT2D eigenvalue weighted by atomic mass is 31.2. The molecule has 310 valence electrons. The van der Waals surface area contributed by atoms with Crippen molar-refractivity contribution in [1.29, 1.82) is 0 Å². The lowest BCUT2D eigenvalue weighted by atomic mass is 10.0. The van der Waals surface area contributed by atoms with E-state index in [1.807, 2.05) is 39.4 Å². The number of phosphoric ester groups is 1. The number of carbonyl (C=O) groups is 1. The SMILES string of the molecule is CCCCC/C=C\C/C=C\C/C=C\CC(O)C(O)CCCC(=O)N[C@@H](COP(=O)([O-])OCC[N+](C)(C)C)[C@H](O)/C=C/CCCCCCCCCCCC. The van der Waals surface area contributed by atoms with Gasteiger partial charge in [0, 0.05) is 6.42 Å². The minimum atomic E-state index is -4.66. The number of rotatable bonds is 36. The summed E-state index contributed by atoms with van der Waals surface area (Å²) in [5.41, 5.74) is 0. The number of nitrogens with one attached hydrogen (secondary N) is 1. The Bertz CT molecular complexity index is 1040. The summed E-state index contributed by atoms with van der Waals surface area (Å²) in [6, 6.07) is -1.02. The minimum absolute atomic E-state index is 0.0258. The summed E-state index contributed by atoms with van der Waals surface area (Å²) in [6.45, 7) is 4.34. The Hall–Kier alpha value is -1.62. The van der Waals surface area contributed by atoms with Crippen LogP contribution in [0.3, 0.4) is 0 Å². The lowest BCUT2D eigenvalue weighted by molar-refractivity contribution is -0.870. The smallest absolute Gasteiger partial charge is 0.268 e. The average Bonchev–Trinajstić information content (AvgIpc) is 3.10. The van der Waals surface area contributed by atoms with Gasteiger partial charge in [0.25, 0.3) is 7.82 Å². The number of amides is 1. The highest BCUT2D eigenvalue weighted by Crippen LogP contribution is 2.38. The molecule has 11 heteroatoms. The van der Waals surface area contributed by atoms with Gasteiger partial charge in [-0.2, -0.15) is 0 Å². The fourth-order valence-electron chi connectivity index (χ4n) is 5.49. The molecule has 0 heterocycles. The molecule has 10 nitrogen and oxygen atoms in total. The first-order valence-corrected chi connectivity index (χ1v) is 22.1. The van der Waals surface area contributed by atoms with Gasteiger partial charge in [-0.25, -0.2) is 0 Å². The van der Waals surface area contributed by atoms with E-state index in [-0.39, 0.29) is 19.4 Å². The summed E-state index contributed by atoms with van der Waals surface area (Å²) in [5.74, 6) is -0.420. The van der Waals surface area contributed by atoms with Gasteiger partial charge in [0.1, 0.15) is 13.2 Å². The molecule has 0 aromatic carbocycles. The number of hydrogen-bond acceptors (Lipinski definition) is 8. The number of quaternary nitrogens is 1. The van der Waals surface area contributed by atoms with E-state index in [4.69, 9.17) is 9.05 Å². The van der Waals surface area contributed by atoms with Crippen LogP contribution in [0.1, 0.15) is 149 Å². The topological polar surface area (TPSA) is 148 Å². The first-order valence-electron chi connectivity index (χ1n) is 20.7. The molecular weight excluding hydrogens is 691 g/mol. The maximum Gasteiger partial charge on any atom is 0.268 e. The molecule has 0 aliphatic rings. The summed E-state index contributed by atoms with van der Waals surface area (Å²) in [7, 11) is 1.08. The highest BCUT2D eigenvalue weighted by Gasteiger charge is 2.23. The van der Waals surface area contributed by atoms with Crippen molar-refractivity contribution in [3.05, 3.63) is 48.6 Å². The summed E-state index contributed by atoms with van der Waals surface area (Å²) >= 11 is 0. The van der Waals surface area contributed by atoms with E-state index in [0.29, 0.717) is 23.9 Å². The van der Waals surface area contributed by atoms with E-state index in [1.165, 1.54) is 70.6 Å². The molecule has 0 saturated carbocycles. The summed E-state index contributed by atoms with van der Waals surface area (Å²) in [4.78, 5) is 25.3. The van der Waals surface area contributed by atoms with E-state index in [2.05, 4.69) is 43.5 Å². The maximum absolute atomic E-state index is 12.8. The van der Waals surface area contributed by atoms with Crippen molar-refractivity contribution in [2.45, 2.75) is 173 Å². The number of hydrogen-bond donors (Lipinski definition) is 4. The Balaban J connectivity index is 4.76. The lowest BCUT2D eigenvalue weighted by Gasteiger charge is -2.29. The van der Waals surface area contributed by atoms with Crippen molar-refractivity contribution in [2.24, 2.45) is 0 Å². The second-order valence-electron chi connectivity index (χ2n) is 15.3. The van der Waals surface area contributed by atoms with E-state index in [1.54, 1.807) is 6.08 Å². The van der Waals surface area contributed by atoms with Crippen LogP contribution in [0.25, 0.3) is 0 Å². The Morgan fingerprint density at radius 1 is 0.717 bits per heavy atom. The lowest BCUT2D eigenvalue weighted by Crippen LogP contribution is -2.46.